The van der Waals surface area contributed by atoms with E-state index in [0.717, 1.165) is 22.2 Å². The van der Waals surface area contributed by atoms with Crippen LogP contribution in [0.2, 0.25) is 0 Å². The second-order valence-corrected chi connectivity index (χ2v) is 3.85. The zero-order valence-electron chi connectivity index (χ0n) is 9.03. The van der Waals surface area contributed by atoms with Crippen LogP contribution in [0.5, 0.6) is 0 Å². The number of hydrogen-bond donors (Lipinski definition) is 2. The molecule has 0 aliphatic carbocycles. The van der Waals surface area contributed by atoms with Crippen molar-refractivity contribution in [3.63, 3.8) is 0 Å². The molecule has 2 heterocycles. The van der Waals surface area contributed by atoms with Crippen LogP contribution < -0.4 is 5.73 Å². The maximum Gasteiger partial charge on any atom is 0.150 e. The number of furan rings is 1. The van der Waals surface area contributed by atoms with E-state index in [2.05, 4.69) is 4.98 Å². The molecular formula is C13H11FN2O. The second kappa shape index (κ2) is 3.75. The first-order valence-corrected chi connectivity index (χ1v) is 5.33. The lowest BCUT2D eigenvalue weighted by Gasteiger charge is -1.98. The summed E-state index contributed by atoms with van der Waals surface area (Å²) < 4.78 is 18.6. The summed E-state index contributed by atoms with van der Waals surface area (Å²) in [6.07, 6.45) is 1.60. The Morgan fingerprint density at radius 2 is 2.18 bits per heavy atom. The molecule has 0 saturated carbocycles. The first-order valence-electron chi connectivity index (χ1n) is 5.33. The Kier molecular flexibility index (Phi) is 2.23. The summed E-state index contributed by atoms with van der Waals surface area (Å²) in [5.74, 6) is 0.444. The highest BCUT2D eigenvalue weighted by Crippen LogP contribution is 2.30. The van der Waals surface area contributed by atoms with Crippen molar-refractivity contribution in [1.82, 2.24) is 4.98 Å². The minimum absolute atomic E-state index is 0.266. The van der Waals surface area contributed by atoms with Crippen LogP contribution in [0.25, 0.3) is 22.4 Å². The first-order chi connectivity index (χ1) is 8.29. The predicted molar refractivity (Wildman–Crippen MR) is 63.9 cm³/mol. The molecule has 1 aromatic carbocycles. The van der Waals surface area contributed by atoms with Crippen molar-refractivity contribution in [2.75, 3.05) is 0 Å². The normalized spacial score (nSPS) is 11.2. The van der Waals surface area contributed by atoms with E-state index in [0.29, 0.717) is 12.3 Å². The van der Waals surface area contributed by atoms with E-state index in [4.69, 9.17) is 10.2 Å². The number of H-pyrrole nitrogens is 1. The fourth-order valence-electron chi connectivity index (χ4n) is 2.06. The quantitative estimate of drug-likeness (QED) is 0.711. The number of aromatic nitrogens is 1. The van der Waals surface area contributed by atoms with E-state index < -0.39 is 0 Å². The molecule has 4 heteroatoms. The zero-order valence-corrected chi connectivity index (χ0v) is 9.03. The summed E-state index contributed by atoms with van der Waals surface area (Å²) in [5.41, 5.74) is 8.28. The van der Waals surface area contributed by atoms with Gasteiger partial charge < -0.3 is 15.1 Å². The van der Waals surface area contributed by atoms with Gasteiger partial charge in [0.15, 0.2) is 0 Å². The highest BCUT2D eigenvalue weighted by Gasteiger charge is 2.14. The van der Waals surface area contributed by atoms with Crippen molar-refractivity contribution in [2.45, 2.75) is 6.54 Å². The third-order valence-corrected chi connectivity index (χ3v) is 2.84. The van der Waals surface area contributed by atoms with E-state index in [1.54, 1.807) is 12.3 Å². The lowest BCUT2D eigenvalue weighted by molar-refractivity contribution is 0.580. The molecule has 0 atom stereocenters. The zero-order chi connectivity index (χ0) is 11.8. The molecule has 0 bridgehead atoms. The standard InChI is InChI=1S/C13H11FN2O/c14-8-3-4-11-9(6-8)10(7-15)13(16-11)12-2-1-5-17-12/h1-6,16H,7,15H2. The smallest absolute Gasteiger partial charge is 0.150 e. The Bertz CT molecular complexity index is 655. The van der Waals surface area contributed by atoms with Gasteiger partial charge in [-0.2, -0.15) is 0 Å². The maximum absolute atomic E-state index is 13.2. The van der Waals surface area contributed by atoms with Crippen LogP contribution in [0, 0.1) is 5.82 Å². The van der Waals surface area contributed by atoms with Crippen molar-refractivity contribution in [3.05, 3.63) is 48.0 Å². The van der Waals surface area contributed by atoms with E-state index in [1.165, 1.54) is 12.1 Å². The number of nitrogens with one attached hydrogen (secondary N) is 1. The van der Waals surface area contributed by atoms with Crippen molar-refractivity contribution < 1.29 is 8.81 Å². The van der Waals surface area contributed by atoms with Crippen LogP contribution in [0.4, 0.5) is 4.39 Å². The third kappa shape index (κ3) is 1.54. The number of fused-ring (bicyclic) bond motifs is 1. The van der Waals surface area contributed by atoms with Crippen LogP contribution in [0.15, 0.2) is 41.0 Å². The number of hydrogen-bond acceptors (Lipinski definition) is 2. The molecule has 2 aromatic heterocycles. The molecule has 86 valence electrons. The molecule has 17 heavy (non-hydrogen) atoms. The number of rotatable bonds is 2. The Hall–Kier alpha value is -2.07. The van der Waals surface area contributed by atoms with Gasteiger partial charge in [-0.1, -0.05) is 0 Å². The van der Waals surface area contributed by atoms with Gasteiger partial charge in [-0.3, -0.25) is 0 Å². The Morgan fingerprint density at radius 3 is 2.88 bits per heavy atom. The minimum atomic E-state index is -0.266. The molecule has 0 unspecified atom stereocenters. The van der Waals surface area contributed by atoms with Gasteiger partial charge in [0.25, 0.3) is 0 Å². The summed E-state index contributed by atoms with van der Waals surface area (Å²) in [5, 5.41) is 0.805. The summed E-state index contributed by atoms with van der Waals surface area (Å²) in [4.78, 5) is 3.20. The summed E-state index contributed by atoms with van der Waals surface area (Å²) >= 11 is 0. The largest absolute Gasteiger partial charge is 0.463 e. The lowest BCUT2D eigenvalue weighted by atomic mass is 10.1. The average molecular weight is 230 g/mol. The lowest BCUT2D eigenvalue weighted by Crippen LogP contribution is -1.97. The molecule has 3 nitrogen and oxygen atoms in total. The van der Waals surface area contributed by atoms with Gasteiger partial charge in [0, 0.05) is 23.0 Å². The van der Waals surface area contributed by atoms with E-state index in [9.17, 15) is 4.39 Å². The number of halogens is 1. The minimum Gasteiger partial charge on any atom is -0.463 e. The van der Waals surface area contributed by atoms with Crippen molar-refractivity contribution in [2.24, 2.45) is 5.73 Å². The molecule has 0 saturated heterocycles. The topological polar surface area (TPSA) is 54.9 Å². The molecule has 0 fully saturated rings. The van der Waals surface area contributed by atoms with Gasteiger partial charge >= 0.3 is 0 Å². The van der Waals surface area contributed by atoms with Crippen molar-refractivity contribution >= 4 is 10.9 Å². The maximum atomic E-state index is 13.2. The molecule has 3 rings (SSSR count). The first kappa shape index (κ1) is 10.1. The number of aromatic amines is 1. The van der Waals surface area contributed by atoms with Gasteiger partial charge in [0.05, 0.1) is 12.0 Å². The fourth-order valence-corrected chi connectivity index (χ4v) is 2.06. The van der Waals surface area contributed by atoms with Gasteiger partial charge in [-0.25, -0.2) is 4.39 Å². The summed E-state index contributed by atoms with van der Waals surface area (Å²) in [6.45, 7) is 0.333. The summed E-state index contributed by atoms with van der Waals surface area (Å²) in [7, 11) is 0. The monoisotopic (exact) mass is 230 g/mol. The highest BCUT2D eigenvalue weighted by atomic mass is 19.1. The Labute approximate surface area is 97.0 Å². The van der Waals surface area contributed by atoms with E-state index in [-0.39, 0.29) is 5.82 Å². The molecule has 0 aliphatic heterocycles. The molecule has 0 aliphatic rings. The third-order valence-electron chi connectivity index (χ3n) is 2.84. The van der Waals surface area contributed by atoms with Gasteiger partial charge in [0.1, 0.15) is 11.6 Å². The molecule has 0 amide bonds. The molecule has 0 radical (unpaired) electrons. The highest BCUT2D eigenvalue weighted by molar-refractivity contribution is 5.89. The van der Waals surface area contributed by atoms with Crippen LogP contribution in [-0.2, 0) is 6.54 Å². The molecular weight excluding hydrogens is 219 g/mol. The average Bonchev–Trinajstić information content (AvgIpc) is 2.94. The summed E-state index contributed by atoms with van der Waals surface area (Å²) in [6, 6.07) is 8.27. The van der Waals surface area contributed by atoms with Crippen molar-refractivity contribution in [1.29, 1.82) is 0 Å². The molecule has 3 aromatic rings. The van der Waals surface area contributed by atoms with Crippen LogP contribution in [-0.4, -0.2) is 4.98 Å². The van der Waals surface area contributed by atoms with E-state index >= 15 is 0 Å². The fraction of sp³-hybridized carbons (Fsp3) is 0.0769. The SMILES string of the molecule is NCc1c(-c2ccco2)[nH]c2ccc(F)cc12. The van der Waals surface area contributed by atoms with Crippen molar-refractivity contribution in [3.8, 4) is 11.5 Å². The second-order valence-electron chi connectivity index (χ2n) is 3.85. The van der Waals surface area contributed by atoms with Gasteiger partial charge in [-0.05, 0) is 30.3 Å². The molecule has 3 N–H and O–H groups in total. The van der Waals surface area contributed by atoms with E-state index in [1.807, 2.05) is 12.1 Å². The number of nitrogens with two attached hydrogens (primary N) is 1. The number of benzene rings is 1. The molecule has 0 spiro atoms. The van der Waals surface area contributed by atoms with Crippen LogP contribution in [0.1, 0.15) is 5.56 Å². The Morgan fingerprint density at radius 1 is 1.29 bits per heavy atom. The van der Waals surface area contributed by atoms with Crippen LogP contribution >= 0.6 is 0 Å². The van der Waals surface area contributed by atoms with Crippen LogP contribution in [0.3, 0.4) is 0 Å². The predicted octanol–water partition coefficient (Wildman–Crippen LogP) is 3.03. The van der Waals surface area contributed by atoms with Gasteiger partial charge in [-0.15, -0.1) is 0 Å². The Balaban J connectivity index is 2.32. The van der Waals surface area contributed by atoms with Gasteiger partial charge in [0.2, 0.25) is 0 Å².